The Morgan fingerprint density at radius 2 is 1.16 bits per heavy atom. The Kier molecular flexibility index (Phi) is 20.5. The fraction of sp³-hybridized carbons (Fsp3) is 1.00. The van der Waals surface area contributed by atoms with Gasteiger partial charge in [0.15, 0.2) is 0 Å². The van der Waals surface area contributed by atoms with E-state index >= 15 is 0 Å². The maximum atomic E-state index is 11.0. The van der Waals surface area contributed by atoms with Crippen molar-refractivity contribution in [2.45, 2.75) is 122 Å². The minimum atomic E-state index is -4.12. The summed E-state index contributed by atoms with van der Waals surface area (Å²) in [7, 11) is -4.12. The van der Waals surface area contributed by atoms with Crippen molar-refractivity contribution in [2.75, 3.05) is 0 Å². The van der Waals surface area contributed by atoms with Crippen molar-refractivity contribution in [1.29, 1.82) is 0 Å². The van der Waals surface area contributed by atoms with Crippen molar-refractivity contribution in [2.24, 2.45) is 0 Å². The van der Waals surface area contributed by atoms with Gasteiger partial charge in [-0.15, -0.1) is 0 Å². The summed E-state index contributed by atoms with van der Waals surface area (Å²) in [5, 5.41) is 9.24. The zero-order valence-corrected chi connectivity index (χ0v) is 19.7. The van der Waals surface area contributed by atoms with Crippen LogP contribution in [0.2, 0.25) is 0 Å². The summed E-state index contributed by atoms with van der Waals surface area (Å²) in [5.74, 6) is 0. The van der Waals surface area contributed by atoms with Crippen LogP contribution in [0.15, 0.2) is 0 Å². The van der Waals surface area contributed by atoms with Crippen LogP contribution in [-0.2, 0) is 10.1 Å². The van der Waals surface area contributed by atoms with Crippen LogP contribution in [0.4, 0.5) is 0 Å². The zero-order chi connectivity index (χ0) is 18.3. The Morgan fingerprint density at radius 1 is 0.760 bits per heavy atom. The Bertz CT molecular complexity index is 374. The Morgan fingerprint density at radius 3 is 1.56 bits per heavy atom. The minimum Gasteiger partial charge on any atom is -0.748 e. The Hall–Kier alpha value is 0.870. The molecule has 146 valence electrons. The van der Waals surface area contributed by atoms with Gasteiger partial charge in [0, 0.05) is 5.25 Å². The van der Waals surface area contributed by atoms with Gasteiger partial charge in [-0.3, -0.25) is 0 Å². The number of aliphatic hydroxyl groups is 1. The molecule has 25 heavy (non-hydrogen) atoms. The third-order valence-electron chi connectivity index (χ3n) is 4.82. The first kappa shape index (κ1) is 28.1. The van der Waals surface area contributed by atoms with Crippen LogP contribution in [0.5, 0.6) is 0 Å². The van der Waals surface area contributed by atoms with Gasteiger partial charge in [-0.2, -0.15) is 0 Å². The van der Waals surface area contributed by atoms with Crippen LogP contribution in [0.3, 0.4) is 0 Å². The summed E-state index contributed by atoms with van der Waals surface area (Å²) in [4.78, 5) is 0. The molecule has 1 N–H and O–H groups in total. The van der Waals surface area contributed by atoms with Gasteiger partial charge in [-0.25, -0.2) is 8.42 Å². The second-order valence-electron chi connectivity index (χ2n) is 7.08. The number of aliphatic hydroxyl groups excluding tert-OH is 1. The molecule has 6 heteroatoms. The van der Waals surface area contributed by atoms with Crippen molar-refractivity contribution in [1.82, 2.24) is 0 Å². The number of unbranched alkanes of at least 4 members (excludes halogenated alkanes) is 9. The molecule has 2 atom stereocenters. The maximum Gasteiger partial charge on any atom is 1.00 e. The Labute approximate surface area is 178 Å². The Balaban J connectivity index is 0. The SMILES string of the molecule is CCCCCCCCC(O)CCCCCCCC(CC)S(=O)(=O)[O-].[Na+]. The molecule has 4 nitrogen and oxygen atoms in total. The third kappa shape index (κ3) is 18.0. The van der Waals surface area contributed by atoms with E-state index in [1.54, 1.807) is 6.92 Å². The van der Waals surface area contributed by atoms with Crippen LogP contribution in [-0.4, -0.2) is 29.4 Å². The fourth-order valence-corrected chi connectivity index (χ4v) is 4.00. The molecule has 0 rings (SSSR count). The van der Waals surface area contributed by atoms with Crippen LogP contribution in [0.25, 0.3) is 0 Å². The first-order valence-electron chi connectivity index (χ1n) is 10.0. The van der Waals surface area contributed by atoms with E-state index < -0.39 is 15.4 Å². The standard InChI is InChI=1S/C19H40O4S.Na/c1-3-5-6-7-9-12-15-18(20)16-13-10-8-11-14-17-19(4-2)24(21,22)23;/h18-20H,3-17H2,1-2H3,(H,21,22,23);/q;+1/p-1. The normalized spacial score (nSPS) is 14.1. The first-order valence-corrected chi connectivity index (χ1v) is 11.5. The molecule has 0 heterocycles. The molecular formula is C19H39NaO4S. The van der Waals surface area contributed by atoms with E-state index in [0.717, 1.165) is 51.4 Å². The van der Waals surface area contributed by atoms with Crippen LogP contribution in [0, 0.1) is 0 Å². The van der Waals surface area contributed by atoms with Gasteiger partial charge in [0.25, 0.3) is 0 Å². The molecule has 0 bridgehead atoms. The monoisotopic (exact) mass is 386 g/mol. The van der Waals surface area contributed by atoms with E-state index in [-0.39, 0.29) is 35.7 Å². The third-order valence-corrected chi connectivity index (χ3v) is 6.20. The molecule has 2 unspecified atom stereocenters. The van der Waals surface area contributed by atoms with E-state index in [4.69, 9.17) is 0 Å². The number of hydrogen-bond acceptors (Lipinski definition) is 4. The zero-order valence-electron chi connectivity index (χ0n) is 16.8. The summed E-state index contributed by atoms with van der Waals surface area (Å²) >= 11 is 0. The molecule has 0 aromatic heterocycles. The van der Waals surface area contributed by atoms with Gasteiger partial charge in [0.2, 0.25) is 0 Å². The van der Waals surface area contributed by atoms with Crippen molar-refractivity contribution in [3.63, 3.8) is 0 Å². The van der Waals surface area contributed by atoms with E-state index in [0.29, 0.717) is 12.8 Å². The molecule has 0 aromatic carbocycles. The predicted octanol–water partition coefficient (Wildman–Crippen LogP) is 2.16. The molecule has 0 amide bonds. The first-order chi connectivity index (χ1) is 11.4. The van der Waals surface area contributed by atoms with Crippen molar-refractivity contribution < 1.29 is 47.6 Å². The second kappa shape index (κ2) is 18.2. The van der Waals surface area contributed by atoms with Crippen molar-refractivity contribution >= 4 is 10.1 Å². The molecule has 0 fully saturated rings. The molecule has 0 aliphatic heterocycles. The summed E-state index contributed by atoms with van der Waals surface area (Å²) in [6.45, 7) is 3.98. The van der Waals surface area contributed by atoms with E-state index in [1.165, 1.54) is 32.1 Å². The van der Waals surface area contributed by atoms with Crippen LogP contribution in [0.1, 0.15) is 110 Å². The van der Waals surface area contributed by atoms with Crippen LogP contribution >= 0.6 is 0 Å². The van der Waals surface area contributed by atoms with E-state index in [2.05, 4.69) is 6.92 Å². The smallest absolute Gasteiger partial charge is 0.748 e. The molecule has 0 spiro atoms. The maximum absolute atomic E-state index is 11.0. The minimum absolute atomic E-state index is 0. The average molecular weight is 387 g/mol. The topological polar surface area (TPSA) is 77.4 Å². The molecule has 0 radical (unpaired) electrons. The predicted molar refractivity (Wildman–Crippen MR) is 100 cm³/mol. The van der Waals surface area contributed by atoms with Gasteiger partial charge in [-0.1, -0.05) is 84.5 Å². The van der Waals surface area contributed by atoms with Crippen molar-refractivity contribution in [3.8, 4) is 0 Å². The molecule has 0 aromatic rings. The molecular weight excluding hydrogens is 347 g/mol. The van der Waals surface area contributed by atoms with E-state index in [1.807, 2.05) is 0 Å². The van der Waals surface area contributed by atoms with Gasteiger partial charge < -0.3 is 9.66 Å². The molecule has 0 aliphatic rings. The summed E-state index contributed by atoms with van der Waals surface area (Å²) in [6.07, 6.45) is 15.1. The van der Waals surface area contributed by atoms with Crippen molar-refractivity contribution in [3.05, 3.63) is 0 Å². The summed E-state index contributed by atoms with van der Waals surface area (Å²) < 4.78 is 32.9. The molecule has 0 saturated carbocycles. The van der Waals surface area contributed by atoms with E-state index in [9.17, 15) is 18.1 Å². The average Bonchev–Trinajstić information content (AvgIpc) is 2.52. The largest absolute Gasteiger partial charge is 1.00 e. The quantitative estimate of drug-likeness (QED) is 0.236. The fourth-order valence-electron chi connectivity index (χ4n) is 3.14. The summed E-state index contributed by atoms with van der Waals surface area (Å²) in [6, 6.07) is 0. The van der Waals surface area contributed by atoms with Crippen LogP contribution < -0.4 is 29.6 Å². The van der Waals surface area contributed by atoms with Gasteiger partial charge in [0.1, 0.15) is 0 Å². The van der Waals surface area contributed by atoms with Gasteiger partial charge in [0.05, 0.1) is 16.2 Å². The van der Waals surface area contributed by atoms with Gasteiger partial charge in [-0.05, 0) is 25.7 Å². The van der Waals surface area contributed by atoms with Gasteiger partial charge >= 0.3 is 29.6 Å². The molecule has 0 saturated heterocycles. The second-order valence-corrected chi connectivity index (χ2v) is 8.73. The number of hydrogen-bond donors (Lipinski definition) is 1. The number of rotatable bonds is 17. The summed E-state index contributed by atoms with van der Waals surface area (Å²) in [5.41, 5.74) is 0. The molecule has 0 aliphatic carbocycles.